The molecule has 2 rings (SSSR count). The number of nitrogens with zero attached hydrogens (tertiary/aromatic N) is 1. The van der Waals surface area contributed by atoms with Gasteiger partial charge in [-0.2, -0.15) is 5.26 Å². The Hall–Kier alpha value is -2.54. The highest BCUT2D eigenvalue weighted by molar-refractivity contribution is 5.59. The zero-order valence-electron chi connectivity index (χ0n) is 11.1. The molecule has 0 bridgehead atoms. The van der Waals surface area contributed by atoms with E-state index in [1.807, 2.05) is 25.1 Å². The number of hydrogen-bond donors (Lipinski definition) is 2. The van der Waals surface area contributed by atoms with E-state index in [-0.39, 0.29) is 17.4 Å². The maximum Gasteiger partial charge on any atom is 0.124 e. The van der Waals surface area contributed by atoms with Crippen LogP contribution in [0.25, 0.3) is 0 Å². The van der Waals surface area contributed by atoms with E-state index in [2.05, 4.69) is 5.32 Å². The summed E-state index contributed by atoms with van der Waals surface area (Å²) in [5.41, 5.74) is 1.56. The zero-order chi connectivity index (χ0) is 14.5. The van der Waals surface area contributed by atoms with Gasteiger partial charge in [0.05, 0.1) is 17.3 Å². The Morgan fingerprint density at radius 1 is 1.30 bits per heavy atom. The van der Waals surface area contributed by atoms with Crippen molar-refractivity contribution in [3.8, 4) is 11.8 Å². The van der Waals surface area contributed by atoms with Gasteiger partial charge in [0.2, 0.25) is 0 Å². The van der Waals surface area contributed by atoms with Crippen molar-refractivity contribution in [2.75, 3.05) is 5.32 Å². The number of nitriles is 1. The van der Waals surface area contributed by atoms with Crippen molar-refractivity contribution in [1.29, 1.82) is 5.26 Å². The van der Waals surface area contributed by atoms with E-state index < -0.39 is 5.82 Å². The normalized spacial score (nSPS) is 11.7. The molecular weight excluding hydrogens is 255 g/mol. The van der Waals surface area contributed by atoms with Crippen LogP contribution in [0.1, 0.15) is 30.5 Å². The average Bonchev–Trinajstić information content (AvgIpc) is 2.47. The van der Waals surface area contributed by atoms with Gasteiger partial charge >= 0.3 is 0 Å². The van der Waals surface area contributed by atoms with Gasteiger partial charge in [0.1, 0.15) is 17.6 Å². The highest BCUT2D eigenvalue weighted by atomic mass is 19.1. The molecule has 2 aromatic carbocycles. The van der Waals surface area contributed by atoms with Crippen molar-refractivity contribution in [1.82, 2.24) is 0 Å². The standard InChI is InChI=1S/C16H15FN2O/c1-2-14(13-5-3-4-6-16(13)20)19-15-8-7-12(17)9-11(15)10-18/h3-9,14,19-20H,2H2,1H3. The van der Waals surface area contributed by atoms with E-state index in [9.17, 15) is 9.50 Å². The average molecular weight is 270 g/mol. The van der Waals surface area contributed by atoms with Crippen LogP contribution in [0.5, 0.6) is 5.75 Å². The fourth-order valence-electron chi connectivity index (χ4n) is 2.10. The van der Waals surface area contributed by atoms with Crippen molar-refractivity contribution < 1.29 is 9.50 Å². The topological polar surface area (TPSA) is 56.0 Å². The Balaban J connectivity index is 2.32. The lowest BCUT2D eigenvalue weighted by Gasteiger charge is -2.20. The Bertz CT molecular complexity index is 649. The smallest absolute Gasteiger partial charge is 0.124 e. The van der Waals surface area contributed by atoms with Gasteiger partial charge in [-0.1, -0.05) is 25.1 Å². The number of phenolic OH excluding ortho intramolecular Hbond substituents is 1. The molecular formula is C16H15FN2O. The van der Waals surface area contributed by atoms with Crippen LogP contribution < -0.4 is 5.32 Å². The van der Waals surface area contributed by atoms with Gasteiger partial charge in [0, 0.05) is 5.56 Å². The highest BCUT2D eigenvalue weighted by Gasteiger charge is 2.14. The molecule has 1 unspecified atom stereocenters. The maximum atomic E-state index is 13.1. The number of nitrogens with one attached hydrogen (secondary N) is 1. The number of aromatic hydroxyl groups is 1. The van der Waals surface area contributed by atoms with Crippen LogP contribution >= 0.6 is 0 Å². The van der Waals surface area contributed by atoms with Gasteiger partial charge in [-0.15, -0.1) is 0 Å². The first-order chi connectivity index (χ1) is 9.65. The van der Waals surface area contributed by atoms with Gasteiger partial charge in [-0.05, 0) is 30.7 Å². The van der Waals surface area contributed by atoms with Crippen LogP contribution in [-0.4, -0.2) is 5.11 Å². The van der Waals surface area contributed by atoms with Crippen LogP contribution in [0.3, 0.4) is 0 Å². The van der Waals surface area contributed by atoms with Gasteiger partial charge in [0.25, 0.3) is 0 Å². The lowest BCUT2D eigenvalue weighted by atomic mass is 10.0. The molecule has 4 heteroatoms. The first-order valence-electron chi connectivity index (χ1n) is 6.39. The van der Waals surface area contributed by atoms with Crippen molar-refractivity contribution in [3.63, 3.8) is 0 Å². The SMILES string of the molecule is CCC(Nc1ccc(F)cc1C#N)c1ccccc1O. The van der Waals surface area contributed by atoms with E-state index in [4.69, 9.17) is 5.26 Å². The largest absolute Gasteiger partial charge is 0.508 e. The van der Waals surface area contributed by atoms with Crippen LogP contribution in [0.15, 0.2) is 42.5 Å². The quantitative estimate of drug-likeness (QED) is 0.884. The monoisotopic (exact) mass is 270 g/mol. The molecule has 0 heterocycles. The predicted molar refractivity (Wildman–Crippen MR) is 75.9 cm³/mol. The van der Waals surface area contributed by atoms with E-state index >= 15 is 0 Å². The Kier molecular flexibility index (Phi) is 4.21. The number of halogens is 1. The number of hydrogen-bond acceptors (Lipinski definition) is 3. The molecule has 0 saturated carbocycles. The summed E-state index contributed by atoms with van der Waals surface area (Å²) >= 11 is 0. The van der Waals surface area contributed by atoms with Gasteiger partial charge in [-0.25, -0.2) is 4.39 Å². The number of para-hydroxylation sites is 1. The van der Waals surface area contributed by atoms with Gasteiger partial charge in [-0.3, -0.25) is 0 Å². The van der Waals surface area contributed by atoms with Crippen molar-refractivity contribution in [2.45, 2.75) is 19.4 Å². The Morgan fingerprint density at radius 2 is 2.05 bits per heavy atom. The lowest BCUT2D eigenvalue weighted by molar-refractivity contribution is 0.462. The lowest BCUT2D eigenvalue weighted by Crippen LogP contribution is -2.11. The third kappa shape index (κ3) is 2.89. The second-order valence-electron chi connectivity index (χ2n) is 4.47. The van der Waals surface area contributed by atoms with Gasteiger partial charge in [0.15, 0.2) is 0 Å². The fraction of sp³-hybridized carbons (Fsp3) is 0.188. The minimum atomic E-state index is -0.442. The molecule has 20 heavy (non-hydrogen) atoms. The minimum absolute atomic E-state index is 0.145. The number of anilines is 1. The highest BCUT2D eigenvalue weighted by Crippen LogP contribution is 2.30. The Labute approximate surface area is 117 Å². The third-order valence-electron chi connectivity index (χ3n) is 3.15. The fourth-order valence-corrected chi connectivity index (χ4v) is 2.10. The molecule has 3 nitrogen and oxygen atoms in total. The molecule has 0 aliphatic rings. The molecule has 0 aromatic heterocycles. The zero-order valence-corrected chi connectivity index (χ0v) is 11.1. The first-order valence-corrected chi connectivity index (χ1v) is 6.39. The maximum absolute atomic E-state index is 13.1. The van der Waals surface area contributed by atoms with Gasteiger partial charge < -0.3 is 10.4 Å². The molecule has 0 radical (unpaired) electrons. The number of phenols is 1. The number of benzene rings is 2. The summed E-state index contributed by atoms with van der Waals surface area (Å²) in [4.78, 5) is 0. The molecule has 2 N–H and O–H groups in total. The molecule has 0 spiro atoms. The molecule has 0 amide bonds. The van der Waals surface area contributed by atoms with Crippen LogP contribution in [0.2, 0.25) is 0 Å². The summed E-state index contributed by atoms with van der Waals surface area (Å²) in [7, 11) is 0. The molecule has 0 saturated heterocycles. The molecule has 1 atom stereocenters. The van der Waals surface area contributed by atoms with Crippen LogP contribution in [0, 0.1) is 17.1 Å². The molecule has 2 aromatic rings. The molecule has 0 fully saturated rings. The van der Waals surface area contributed by atoms with E-state index in [0.717, 1.165) is 12.0 Å². The summed E-state index contributed by atoms with van der Waals surface area (Å²) in [6, 6.07) is 12.9. The predicted octanol–water partition coefficient (Wildman–Crippen LogP) is 3.97. The third-order valence-corrected chi connectivity index (χ3v) is 3.15. The summed E-state index contributed by atoms with van der Waals surface area (Å²) in [5, 5.41) is 22.1. The van der Waals surface area contributed by atoms with Crippen molar-refractivity contribution in [2.24, 2.45) is 0 Å². The summed E-state index contributed by atoms with van der Waals surface area (Å²) in [6.07, 6.45) is 0.722. The minimum Gasteiger partial charge on any atom is -0.508 e. The summed E-state index contributed by atoms with van der Waals surface area (Å²) < 4.78 is 13.1. The van der Waals surface area contributed by atoms with E-state index in [0.29, 0.717) is 5.69 Å². The molecule has 102 valence electrons. The number of rotatable bonds is 4. The van der Waals surface area contributed by atoms with Crippen LogP contribution in [-0.2, 0) is 0 Å². The summed E-state index contributed by atoms with van der Waals surface area (Å²) in [6.45, 7) is 1.97. The van der Waals surface area contributed by atoms with E-state index in [1.165, 1.54) is 18.2 Å². The molecule has 0 aliphatic heterocycles. The van der Waals surface area contributed by atoms with E-state index in [1.54, 1.807) is 12.1 Å². The van der Waals surface area contributed by atoms with Crippen molar-refractivity contribution in [3.05, 3.63) is 59.4 Å². The second kappa shape index (κ2) is 6.07. The summed E-state index contributed by atoms with van der Waals surface area (Å²) in [5.74, 6) is -0.241. The van der Waals surface area contributed by atoms with Crippen molar-refractivity contribution >= 4 is 5.69 Å². The molecule has 0 aliphatic carbocycles. The Morgan fingerprint density at radius 3 is 2.70 bits per heavy atom. The second-order valence-corrected chi connectivity index (χ2v) is 4.47. The van der Waals surface area contributed by atoms with Crippen LogP contribution in [0.4, 0.5) is 10.1 Å². The first kappa shape index (κ1) is 13.9.